The maximum atomic E-state index is 14.0. The molecule has 0 aliphatic heterocycles. The monoisotopic (exact) mass is 577 g/mol. The predicted molar refractivity (Wildman–Crippen MR) is 164 cm³/mol. The molecule has 0 fully saturated rings. The number of amides is 2. The van der Waals surface area contributed by atoms with E-state index in [-0.39, 0.29) is 24.6 Å². The van der Waals surface area contributed by atoms with Gasteiger partial charge in [-0.2, -0.15) is 0 Å². The molecule has 0 saturated carbocycles. The van der Waals surface area contributed by atoms with E-state index in [2.05, 4.69) is 29.7 Å². The first-order chi connectivity index (χ1) is 20.1. The molecule has 3 rings (SSSR count). The molecule has 0 aromatic heterocycles. The summed E-state index contributed by atoms with van der Waals surface area (Å²) in [4.78, 5) is 28.5. The molecule has 2 amide bonds. The maximum absolute atomic E-state index is 14.0. The first-order valence-electron chi connectivity index (χ1n) is 14.8. The Morgan fingerprint density at radius 1 is 0.905 bits per heavy atom. The van der Waals surface area contributed by atoms with Gasteiger partial charge in [-0.1, -0.05) is 45.0 Å². The fourth-order valence-electron chi connectivity index (χ4n) is 5.08. The molecule has 7 nitrogen and oxygen atoms in total. The number of halogens is 1. The van der Waals surface area contributed by atoms with Crippen molar-refractivity contribution in [3.05, 3.63) is 99.9 Å². The third-order valence-corrected chi connectivity index (χ3v) is 7.12. The number of aliphatic hydroxyl groups excluding tert-OH is 1. The first kappa shape index (κ1) is 32.8. The molecule has 3 aromatic rings. The molecule has 0 aliphatic carbocycles. The number of nitrogens with one attached hydrogen (secondary N) is 2. The quantitative estimate of drug-likeness (QED) is 0.200. The van der Waals surface area contributed by atoms with Crippen molar-refractivity contribution in [2.75, 3.05) is 19.6 Å². The maximum Gasteiger partial charge on any atom is 0.253 e. The number of phenols is 1. The van der Waals surface area contributed by atoms with Gasteiger partial charge in [0.1, 0.15) is 11.6 Å². The van der Waals surface area contributed by atoms with Gasteiger partial charge in [0, 0.05) is 43.4 Å². The number of aromatic hydroxyl groups is 1. The van der Waals surface area contributed by atoms with E-state index >= 15 is 0 Å². The average molecular weight is 578 g/mol. The van der Waals surface area contributed by atoms with E-state index in [4.69, 9.17) is 0 Å². The van der Waals surface area contributed by atoms with Gasteiger partial charge >= 0.3 is 0 Å². The summed E-state index contributed by atoms with van der Waals surface area (Å²) < 4.78 is 14.0. The summed E-state index contributed by atoms with van der Waals surface area (Å²) in [5.41, 5.74) is 4.23. The molecule has 0 unspecified atom stereocenters. The number of carbonyl (C=O) groups excluding carboxylic acids is 2. The van der Waals surface area contributed by atoms with Gasteiger partial charge in [-0.05, 0) is 85.2 Å². The van der Waals surface area contributed by atoms with Crippen molar-refractivity contribution in [2.24, 2.45) is 0 Å². The Hall–Kier alpha value is -3.75. The smallest absolute Gasteiger partial charge is 0.253 e. The van der Waals surface area contributed by atoms with Gasteiger partial charge in [0.25, 0.3) is 11.8 Å². The zero-order valence-corrected chi connectivity index (χ0v) is 25.1. The van der Waals surface area contributed by atoms with Crippen LogP contribution in [0.5, 0.6) is 5.75 Å². The summed E-state index contributed by atoms with van der Waals surface area (Å²) in [6.07, 6.45) is 1.65. The van der Waals surface area contributed by atoms with Gasteiger partial charge in [-0.3, -0.25) is 9.59 Å². The van der Waals surface area contributed by atoms with E-state index < -0.39 is 23.9 Å². The molecule has 2 atom stereocenters. The highest BCUT2D eigenvalue weighted by atomic mass is 19.1. The van der Waals surface area contributed by atoms with Crippen LogP contribution in [0.15, 0.2) is 60.7 Å². The summed E-state index contributed by atoms with van der Waals surface area (Å²) in [6.45, 7) is 9.92. The molecular weight excluding hydrogens is 533 g/mol. The standard InChI is InChI=1S/C34H44FN3O4/c1-5-11-38(12-6-2)34(42)28-14-23(4)13-27(19-28)33(41)37-31(18-26-16-29(35)20-30(39)17-26)32(40)22-36-21-25-10-8-9-24(7-3)15-25/h8-10,13-17,19-20,31-32,36,39-40H,5-7,11-12,18,21-22H2,1-4H3,(H,37,41)/t31-,32+/m0/s1. The second kappa shape index (κ2) is 16.0. The van der Waals surface area contributed by atoms with Crippen LogP contribution in [0.2, 0.25) is 0 Å². The fourth-order valence-corrected chi connectivity index (χ4v) is 5.08. The number of carbonyl (C=O) groups is 2. The molecule has 42 heavy (non-hydrogen) atoms. The molecular formula is C34H44FN3O4. The van der Waals surface area contributed by atoms with Gasteiger partial charge in [0.2, 0.25) is 0 Å². The molecule has 0 spiro atoms. The van der Waals surface area contributed by atoms with Crippen molar-refractivity contribution in [1.29, 1.82) is 0 Å². The third-order valence-electron chi connectivity index (χ3n) is 7.12. The Morgan fingerprint density at radius 2 is 1.60 bits per heavy atom. The van der Waals surface area contributed by atoms with E-state index in [1.165, 1.54) is 17.7 Å². The van der Waals surface area contributed by atoms with Crippen molar-refractivity contribution in [3.8, 4) is 5.75 Å². The van der Waals surface area contributed by atoms with Crippen molar-refractivity contribution < 1.29 is 24.2 Å². The number of aliphatic hydroxyl groups is 1. The van der Waals surface area contributed by atoms with Crippen LogP contribution >= 0.6 is 0 Å². The highest BCUT2D eigenvalue weighted by molar-refractivity contribution is 6.00. The van der Waals surface area contributed by atoms with Gasteiger partial charge in [-0.25, -0.2) is 4.39 Å². The number of hydrogen-bond acceptors (Lipinski definition) is 5. The van der Waals surface area contributed by atoms with Crippen LogP contribution in [-0.2, 0) is 19.4 Å². The summed E-state index contributed by atoms with van der Waals surface area (Å²) in [5.74, 6) is -1.42. The lowest BCUT2D eigenvalue weighted by atomic mass is 9.99. The summed E-state index contributed by atoms with van der Waals surface area (Å²) >= 11 is 0. The van der Waals surface area contributed by atoms with E-state index in [0.717, 1.165) is 36.5 Å². The average Bonchev–Trinajstić information content (AvgIpc) is 2.95. The van der Waals surface area contributed by atoms with Crippen LogP contribution in [0.3, 0.4) is 0 Å². The van der Waals surface area contributed by atoms with Crippen molar-refractivity contribution in [3.63, 3.8) is 0 Å². The molecule has 0 bridgehead atoms. The summed E-state index contributed by atoms with van der Waals surface area (Å²) in [7, 11) is 0. The van der Waals surface area contributed by atoms with Crippen molar-refractivity contribution in [2.45, 2.75) is 72.1 Å². The number of hydrogen-bond donors (Lipinski definition) is 4. The summed E-state index contributed by atoms with van der Waals surface area (Å²) in [6, 6.07) is 16.1. The van der Waals surface area contributed by atoms with E-state index in [1.54, 1.807) is 23.1 Å². The topological polar surface area (TPSA) is 102 Å². The Labute approximate surface area is 248 Å². The predicted octanol–water partition coefficient (Wildman–Crippen LogP) is 5.16. The van der Waals surface area contributed by atoms with Crippen LogP contribution in [0.1, 0.15) is 76.6 Å². The van der Waals surface area contributed by atoms with Gasteiger partial charge in [0.15, 0.2) is 0 Å². The lowest BCUT2D eigenvalue weighted by Gasteiger charge is -2.25. The van der Waals surface area contributed by atoms with Crippen LogP contribution < -0.4 is 10.6 Å². The molecule has 0 radical (unpaired) electrons. The van der Waals surface area contributed by atoms with Gasteiger partial charge in [-0.15, -0.1) is 0 Å². The largest absolute Gasteiger partial charge is 0.508 e. The zero-order valence-electron chi connectivity index (χ0n) is 25.1. The lowest BCUT2D eigenvalue weighted by Crippen LogP contribution is -2.48. The van der Waals surface area contributed by atoms with E-state index in [1.807, 2.05) is 32.9 Å². The Morgan fingerprint density at radius 3 is 2.26 bits per heavy atom. The SMILES string of the molecule is CCCN(CCC)C(=O)c1cc(C)cc(C(=O)N[C@@H](Cc2cc(O)cc(F)c2)[C@H](O)CNCc2cccc(CC)c2)c1. The van der Waals surface area contributed by atoms with E-state index in [9.17, 15) is 24.2 Å². The van der Waals surface area contributed by atoms with Crippen molar-refractivity contribution >= 4 is 11.8 Å². The molecule has 0 heterocycles. The Balaban J connectivity index is 1.80. The van der Waals surface area contributed by atoms with Crippen LogP contribution in [0, 0.1) is 12.7 Å². The number of phenolic OH excluding ortho intramolecular Hbond substituents is 1. The van der Waals surface area contributed by atoms with Crippen LogP contribution in [-0.4, -0.2) is 58.7 Å². The third kappa shape index (κ3) is 9.67. The molecule has 0 saturated heterocycles. The van der Waals surface area contributed by atoms with Crippen LogP contribution in [0.4, 0.5) is 4.39 Å². The van der Waals surface area contributed by atoms with Crippen molar-refractivity contribution in [1.82, 2.24) is 15.5 Å². The molecule has 3 aromatic carbocycles. The Bertz CT molecular complexity index is 1320. The number of benzene rings is 3. The molecule has 8 heteroatoms. The lowest BCUT2D eigenvalue weighted by molar-refractivity contribution is 0.0755. The minimum Gasteiger partial charge on any atom is -0.508 e. The number of aryl methyl sites for hydroxylation is 2. The normalized spacial score (nSPS) is 12.5. The molecule has 226 valence electrons. The molecule has 0 aliphatic rings. The van der Waals surface area contributed by atoms with E-state index in [0.29, 0.717) is 36.3 Å². The highest BCUT2D eigenvalue weighted by Crippen LogP contribution is 2.18. The van der Waals surface area contributed by atoms with Gasteiger partial charge in [0.05, 0.1) is 12.1 Å². The minimum absolute atomic E-state index is 0.0869. The minimum atomic E-state index is -1.02. The zero-order chi connectivity index (χ0) is 30.6. The fraction of sp³-hybridized carbons (Fsp3) is 0.412. The molecule has 4 N–H and O–H groups in total. The number of rotatable bonds is 15. The second-order valence-electron chi connectivity index (χ2n) is 10.9. The highest BCUT2D eigenvalue weighted by Gasteiger charge is 2.24. The number of nitrogens with zero attached hydrogens (tertiary/aromatic N) is 1. The first-order valence-corrected chi connectivity index (χ1v) is 14.8. The Kier molecular flexibility index (Phi) is 12.5. The van der Waals surface area contributed by atoms with Gasteiger partial charge < -0.3 is 25.7 Å². The second-order valence-corrected chi connectivity index (χ2v) is 10.9. The summed E-state index contributed by atoms with van der Waals surface area (Å²) in [5, 5.41) is 27.2. The van der Waals surface area contributed by atoms with Crippen LogP contribution in [0.25, 0.3) is 0 Å².